The first-order chi connectivity index (χ1) is 9.10. The third-order valence-corrected chi connectivity index (χ3v) is 2.70. The van der Waals surface area contributed by atoms with Crippen LogP contribution in [0.1, 0.15) is 26.2 Å². The number of ether oxygens (including phenoxy) is 3. The summed E-state index contributed by atoms with van der Waals surface area (Å²) in [7, 11) is 3.06. The second-order valence-electron chi connectivity index (χ2n) is 4.14. The van der Waals surface area contributed by atoms with Crippen LogP contribution in [0.5, 0.6) is 17.2 Å². The molecule has 0 saturated heterocycles. The number of benzene rings is 1. The lowest BCUT2D eigenvalue weighted by Crippen LogP contribution is -2.26. The average molecular weight is 268 g/mol. The zero-order chi connectivity index (χ0) is 14.3. The summed E-state index contributed by atoms with van der Waals surface area (Å²) in [5.74, 6) is 0.595. The van der Waals surface area contributed by atoms with E-state index in [9.17, 15) is 4.79 Å². The van der Waals surface area contributed by atoms with E-state index in [1.165, 1.54) is 14.2 Å². The second kappa shape index (κ2) is 7.51. The van der Waals surface area contributed by atoms with Gasteiger partial charge in [0.2, 0.25) is 0 Å². The highest BCUT2D eigenvalue weighted by atomic mass is 16.5. The van der Waals surface area contributed by atoms with Crippen LogP contribution in [-0.2, 0) is 4.79 Å². The molecule has 1 aromatic carbocycles. The summed E-state index contributed by atoms with van der Waals surface area (Å²) in [6, 6.07) is 4.99. The fraction of sp³-hybridized carbons (Fsp3) is 0.500. The monoisotopic (exact) mass is 268 g/mol. The van der Waals surface area contributed by atoms with Crippen LogP contribution >= 0.6 is 0 Å². The van der Waals surface area contributed by atoms with Crippen molar-refractivity contribution in [1.29, 1.82) is 0 Å². The molecule has 0 heterocycles. The van der Waals surface area contributed by atoms with Crippen LogP contribution in [0.15, 0.2) is 18.2 Å². The SMILES string of the molecule is CCCC[C@@H](Oc1cc(OC)cc(OC)c1)C(=O)O. The molecule has 1 atom stereocenters. The Kier molecular flexibility index (Phi) is 5.99. The van der Waals surface area contributed by atoms with Crippen LogP contribution in [0.25, 0.3) is 0 Å². The Morgan fingerprint density at radius 3 is 2.11 bits per heavy atom. The summed E-state index contributed by atoms with van der Waals surface area (Å²) in [4.78, 5) is 11.1. The number of carboxylic acids is 1. The van der Waals surface area contributed by atoms with Crippen LogP contribution in [0.4, 0.5) is 0 Å². The zero-order valence-electron chi connectivity index (χ0n) is 11.5. The van der Waals surface area contributed by atoms with Crippen molar-refractivity contribution < 1.29 is 24.1 Å². The number of carboxylic acid groups (broad SMARTS) is 1. The Morgan fingerprint density at radius 1 is 1.16 bits per heavy atom. The molecule has 5 nitrogen and oxygen atoms in total. The highest BCUT2D eigenvalue weighted by molar-refractivity contribution is 5.72. The van der Waals surface area contributed by atoms with E-state index in [1.54, 1.807) is 18.2 Å². The molecule has 0 radical (unpaired) electrons. The normalized spacial score (nSPS) is 11.7. The zero-order valence-corrected chi connectivity index (χ0v) is 11.5. The molecule has 1 N–H and O–H groups in total. The summed E-state index contributed by atoms with van der Waals surface area (Å²) in [6.45, 7) is 2.01. The lowest BCUT2D eigenvalue weighted by Gasteiger charge is -2.16. The minimum atomic E-state index is -0.963. The molecule has 0 fully saturated rings. The molecule has 0 spiro atoms. The molecule has 106 valence electrons. The van der Waals surface area contributed by atoms with Gasteiger partial charge in [-0.3, -0.25) is 0 Å². The van der Waals surface area contributed by atoms with Crippen molar-refractivity contribution in [3.63, 3.8) is 0 Å². The van der Waals surface area contributed by atoms with E-state index >= 15 is 0 Å². The molecule has 0 bridgehead atoms. The highest BCUT2D eigenvalue weighted by Gasteiger charge is 2.19. The molecular weight excluding hydrogens is 248 g/mol. The second-order valence-corrected chi connectivity index (χ2v) is 4.14. The Labute approximate surface area is 113 Å². The first-order valence-corrected chi connectivity index (χ1v) is 6.23. The minimum absolute atomic E-state index is 0.430. The van der Waals surface area contributed by atoms with Crippen molar-refractivity contribution in [2.75, 3.05) is 14.2 Å². The number of rotatable bonds is 8. The largest absolute Gasteiger partial charge is 0.496 e. The van der Waals surface area contributed by atoms with Crippen LogP contribution in [0.2, 0.25) is 0 Å². The quantitative estimate of drug-likeness (QED) is 0.785. The van der Waals surface area contributed by atoms with Gasteiger partial charge in [0.1, 0.15) is 17.2 Å². The first-order valence-electron chi connectivity index (χ1n) is 6.23. The number of hydrogen-bond acceptors (Lipinski definition) is 4. The van der Waals surface area contributed by atoms with Gasteiger partial charge in [0.25, 0.3) is 0 Å². The van der Waals surface area contributed by atoms with Gasteiger partial charge in [0, 0.05) is 18.2 Å². The maximum atomic E-state index is 11.1. The minimum Gasteiger partial charge on any atom is -0.496 e. The van der Waals surface area contributed by atoms with Gasteiger partial charge in [0.15, 0.2) is 6.10 Å². The van der Waals surface area contributed by atoms with Gasteiger partial charge in [-0.15, -0.1) is 0 Å². The van der Waals surface area contributed by atoms with E-state index in [0.29, 0.717) is 23.7 Å². The first kappa shape index (κ1) is 15.1. The van der Waals surface area contributed by atoms with Gasteiger partial charge in [-0.2, -0.15) is 0 Å². The van der Waals surface area contributed by atoms with Crippen LogP contribution in [0, 0.1) is 0 Å². The predicted octanol–water partition coefficient (Wildman–Crippen LogP) is 2.73. The molecule has 5 heteroatoms. The van der Waals surface area contributed by atoms with Crippen LogP contribution < -0.4 is 14.2 Å². The summed E-state index contributed by atoms with van der Waals surface area (Å²) < 4.78 is 15.7. The maximum Gasteiger partial charge on any atom is 0.344 e. The smallest absolute Gasteiger partial charge is 0.344 e. The molecule has 0 aliphatic heterocycles. The van der Waals surface area contributed by atoms with Crippen LogP contribution in [-0.4, -0.2) is 31.4 Å². The van der Waals surface area contributed by atoms with E-state index in [0.717, 1.165) is 12.8 Å². The number of aliphatic carboxylic acids is 1. The van der Waals surface area contributed by atoms with E-state index in [4.69, 9.17) is 19.3 Å². The molecule has 0 saturated carbocycles. The summed E-state index contributed by atoms with van der Waals surface area (Å²) >= 11 is 0. The van der Waals surface area contributed by atoms with E-state index < -0.39 is 12.1 Å². The highest BCUT2D eigenvalue weighted by Crippen LogP contribution is 2.28. The maximum absolute atomic E-state index is 11.1. The predicted molar refractivity (Wildman–Crippen MR) is 71.1 cm³/mol. The molecule has 0 aliphatic carbocycles. The summed E-state index contributed by atoms with van der Waals surface area (Å²) in [5.41, 5.74) is 0. The molecule has 0 amide bonds. The van der Waals surface area contributed by atoms with Crippen molar-refractivity contribution in [3.05, 3.63) is 18.2 Å². The van der Waals surface area contributed by atoms with Crippen LogP contribution in [0.3, 0.4) is 0 Å². The Balaban J connectivity index is 2.85. The standard InChI is InChI=1S/C14H20O5/c1-4-5-6-13(14(15)16)19-12-8-10(17-2)7-11(9-12)18-3/h7-9,13H,4-6H2,1-3H3,(H,15,16)/t13-/m1/s1. The van der Waals surface area contributed by atoms with Crippen molar-refractivity contribution in [2.24, 2.45) is 0 Å². The van der Waals surface area contributed by atoms with Gasteiger partial charge in [-0.25, -0.2) is 4.79 Å². The third kappa shape index (κ3) is 4.69. The molecule has 19 heavy (non-hydrogen) atoms. The van der Waals surface area contributed by atoms with Gasteiger partial charge in [-0.05, 0) is 12.8 Å². The number of carbonyl (C=O) groups is 1. The number of methoxy groups -OCH3 is 2. The molecule has 0 aromatic heterocycles. The molecule has 0 unspecified atom stereocenters. The van der Waals surface area contributed by atoms with Crippen molar-refractivity contribution >= 4 is 5.97 Å². The molecular formula is C14H20O5. The average Bonchev–Trinajstić information content (AvgIpc) is 2.42. The van der Waals surface area contributed by atoms with Crippen molar-refractivity contribution in [2.45, 2.75) is 32.3 Å². The van der Waals surface area contributed by atoms with Gasteiger partial charge in [0.05, 0.1) is 14.2 Å². The van der Waals surface area contributed by atoms with Gasteiger partial charge >= 0.3 is 5.97 Å². The fourth-order valence-corrected chi connectivity index (χ4v) is 1.64. The Hall–Kier alpha value is -1.91. The fourth-order valence-electron chi connectivity index (χ4n) is 1.64. The molecule has 1 aromatic rings. The third-order valence-electron chi connectivity index (χ3n) is 2.70. The molecule has 1 rings (SSSR count). The lowest BCUT2D eigenvalue weighted by molar-refractivity contribution is -0.145. The van der Waals surface area contributed by atoms with Crippen molar-refractivity contribution in [3.8, 4) is 17.2 Å². The van der Waals surface area contributed by atoms with Crippen molar-refractivity contribution in [1.82, 2.24) is 0 Å². The number of unbranched alkanes of at least 4 members (excludes halogenated alkanes) is 1. The Morgan fingerprint density at radius 2 is 1.68 bits per heavy atom. The summed E-state index contributed by atoms with van der Waals surface area (Å²) in [5, 5.41) is 9.13. The van der Waals surface area contributed by atoms with E-state index in [2.05, 4.69) is 0 Å². The Bertz CT molecular complexity index is 394. The summed E-state index contributed by atoms with van der Waals surface area (Å²) in [6.07, 6.45) is 1.36. The molecule has 0 aliphatic rings. The van der Waals surface area contributed by atoms with E-state index in [1.807, 2.05) is 6.92 Å². The van der Waals surface area contributed by atoms with E-state index in [-0.39, 0.29) is 0 Å². The lowest BCUT2D eigenvalue weighted by atomic mass is 10.1. The van der Waals surface area contributed by atoms with Gasteiger partial charge in [-0.1, -0.05) is 13.3 Å². The number of hydrogen-bond donors (Lipinski definition) is 1. The van der Waals surface area contributed by atoms with Gasteiger partial charge < -0.3 is 19.3 Å². The topological polar surface area (TPSA) is 65.0 Å².